The molecule has 0 rings (SSSR count). The molecule has 6 nitrogen and oxygen atoms in total. The van der Waals surface area contributed by atoms with E-state index in [0.717, 1.165) is 0 Å². The van der Waals surface area contributed by atoms with E-state index in [-0.39, 0.29) is 6.42 Å². The highest BCUT2D eigenvalue weighted by Gasteiger charge is 2.19. The Morgan fingerprint density at radius 1 is 1.38 bits per heavy atom. The minimum atomic E-state index is -1.14. The maximum Gasteiger partial charge on any atom is 0.305 e. The second-order valence-corrected chi connectivity index (χ2v) is 2.90. The van der Waals surface area contributed by atoms with Gasteiger partial charge in [0, 0.05) is 6.42 Å². The van der Waals surface area contributed by atoms with Crippen LogP contribution in [0.2, 0.25) is 0 Å². The van der Waals surface area contributed by atoms with Crippen LogP contribution in [0.5, 0.6) is 0 Å². The molecule has 0 bridgehead atoms. The molecular weight excluding hydrogens is 178 g/mol. The van der Waals surface area contributed by atoms with Gasteiger partial charge in [0.05, 0.1) is 31.3 Å². The van der Waals surface area contributed by atoms with Gasteiger partial charge in [-0.15, -0.1) is 0 Å². The number of nitrogens with two attached hydrogens (primary N) is 1. The van der Waals surface area contributed by atoms with E-state index in [1.165, 1.54) is 0 Å². The monoisotopic (exact) mass is 193 g/mol. The lowest BCUT2D eigenvalue weighted by Crippen LogP contribution is -2.40. The fraction of sp³-hybridized carbons (Fsp3) is 0.857. The van der Waals surface area contributed by atoms with E-state index in [2.05, 4.69) is 0 Å². The van der Waals surface area contributed by atoms with Crippen LogP contribution in [0, 0.1) is 0 Å². The highest BCUT2D eigenvalue weighted by Crippen LogP contribution is 2.04. The van der Waals surface area contributed by atoms with Crippen molar-refractivity contribution in [1.82, 2.24) is 0 Å². The summed E-state index contributed by atoms with van der Waals surface area (Å²) in [5, 5.41) is 35.0. The Kier molecular flexibility index (Phi) is 5.56. The van der Waals surface area contributed by atoms with Crippen LogP contribution in [0.25, 0.3) is 0 Å². The highest BCUT2D eigenvalue weighted by atomic mass is 16.4. The summed E-state index contributed by atoms with van der Waals surface area (Å²) in [6.45, 7) is -0.402. The average Bonchev–Trinajstić information content (AvgIpc) is 2.01. The predicted molar refractivity (Wildman–Crippen MR) is 43.9 cm³/mol. The van der Waals surface area contributed by atoms with Gasteiger partial charge in [0.1, 0.15) is 0 Å². The van der Waals surface area contributed by atoms with Crippen LogP contribution in [0.15, 0.2) is 0 Å². The molecule has 0 saturated carbocycles. The quantitative estimate of drug-likeness (QED) is 0.329. The fourth-order valence-corrected chi connectivity index (χ4v) is 0.860. The molecule has 0 heterocycles. The molecule has 6 N–H and O–H groups in total. The first-order valence-corrected chi connectivity index (χ1v) is 3.91. The average molecular weight is 193 g/mol. The number of rotatable bonds is 6. The summed E-state index contributed by atoms with van der Waals surface area (Å²) >= 11 is 0. The van der Waals surface area contributed by atoms with Gasteiger partial charge in [-0.05, 0) is 0 Å². The second kappa shape index (κ2) is 5.87. The molecule has 0 aliphatic rings. The molecule has 3 atom stereocenters. The smallest absolute Gasteiger partial charge is 0.305 e. The van der Waals surface area contributed by atoms with Gasteiger partial charge >= 0.3 is 5.97 Å². The number of aliphatic carboxylic acids is 1. The van der Waals surface area contributed by atoms with Gasteiger partial charge in [-0.2, -0.15) is 0 Å². The first kappa shape index (κ1) is 12.3. The van der Waals surface area contributed by atoms with E-state index < -0.39 is 37.2 Å². The first-order chi connectivity index (χ1) is 5.97. The summed E-state index contributed by atoms with van der Waals surface area (Å²) in [6, 6.07) is -0.844. The molecule has 78 valence electrons. The molecule has 0 aromatic rings. The van der Waals surface area contributed by atoms with Crippen LogP contribution in [0.1, 0.15) is 12.8 Å². The Morgan fingerprint density at radius 2 is 1.92 bits per heavy atom. The molecule has 0 radical (unpaired) electrons. The third-order valence-corrected chi connectivity index (χ3v) is 1.63. The fourth-order valence-electron chi connectivity index (χ4n) is 0.860. The van der Waals surface area contributed by atoms with Crippen molar-refractivity contribution in [3.8, 4) is 0 Å². The van der Waals surface area contributed by atoms with Crippen molar-refractivity contribution in [3.63, 3.8) is 0 Å². The lowest BCUT2D eigenvalue weighted by Gasteiger charge is -2.18. The van der Waals surface area contributed by atoms with Gasteiger partial charge < -0.3 is 26.2 Å². The molecule has 0 amide bonds. The summed E-state index contributed by atoms with van der Waals surface area (Å²) in [4.78, 5) is 10.1. The van der Waals surface area contributed by atoms with Gasteiger partial charge in [-0.3, -0.25) is 4.79 Å². The van der Waals surface area contributed by atoms with E-state index in [1.807, 2.05) is 0 Å². The number of aliphatic hydroxyl groups is 3. The number of hydrogen-bond donors (Lipinski definition) is 5. The van der Waals surface area contributed by atoms with Gasteiger partial charge in [-0.1, -0.05) is 0 Å². The number of hydrogen-bond acceptors (Lipinski definition) is 5. The molecule has 0 unspecified atom stereocenters. The molecular formula is C7H15NO5. The van der Waals surface area contributed by atoms with Crippen LogP contribution in [0.3, 0.4) is 0 Å². The van der Waals surface area contributed by atoms with E-state index in [4.69, 9.17) is 26.2 Å². The zero-order valence-electron chi connectivity index (χ0n) is 7.13. The zero-order valence-corrected chi connectivity index (χ0v) is 7.13. The summed E-state index contributed by atoms with van der Waals surface area (Å²) in [7, 11) is 0. The zero-order chi connectivity index (χ0) is 10.4. The summed E-state index contributed by atoms with van der Waals surface area (Å²) < 4.78 is 0. The first-order valence-electron chi connectivity index (χ1n) is 3.91. The van der Waals surface area contributed by atoms with Crippen molar-refractivity contribution >= 4 is 5.97 Å². The number of aliphatic hydroxyl groups excluding tert-OH is 3. The number of carbonyl (C=O) groups is 1. The molecule has 13 heavy (non-hydrogen) atoms. The normalized spacial score (nSPS) is 17.8. The molecule has 0 aliphatic heterocycles. The second-order valence-electron chi connectivity index (χ2n) is 2.90. The van der Waals surface area contributed by atoms with Gasteiger partial charge in [0.25, 0.3) is 0 Å². The highest BCUT2D eigenvalue weighted by molar-refractivity contribution is 5.67. The van der Waals surface area contributed by atoms with Crippen LogP contribution < -0.4 is 5.73 Å². The third-order valence-electron chi connectivity index (χ3n) is 1.63. The minimum absolute atomic E-state index is 0.145. The Hall–Kier alpha value is -0.690. The van der Waals surface area contributed by atoms with E-state index in [1.54, 1.807) is 0 Å². The van der Waals surface area contributed by atoms with E-state index >= 15 is 0 Å². The molecule has 0 aromatic heterocycles. The van der Waals surface area contributed by atoms with E-state index in [0.29, 0.717) is 0 Å². The lowest BCUT2D eigenvalue weighted by atomic mass is 10.0. The van der Waals surface area contributed by atoms with Gasteiger partial charge in [0.15, 0.2) is 0 Å². The number of carboxylic acid groups (broad SMARTS) is 1. The molecule has 0 fully saturated rings. The number of carboxylic acids is 1. The molecule has 0 saturated heterocycles. The Morgan fingerprint density at radius 3 is 2.31 bits per heavy atom. The van der Waals surface area contributed by atoms with Crippen LogP contribution in [-0.2, 0) is 4.79 Å². The summed E-state index contributed by atoms with van der Waals surface area (Å²) in [5.41, 5.74) is 5.24. The van der Waals surface area contributed by atoms with Crippen molar-refractivity contribution in [2.45, 2.75) is 31.1 Å². The third kappa shape index (κ3) is 5.53. The summed E-state index contributed by atoms with van der Waals surface area (Å²) in [6.07, 6.45) is -2.80. The lowest BCUT2D eigenvalue weighted by molar-refractivity contribution is -0.139. The van der Waals surface area contributed by atoms with Crippen molar-refractivity contribution < 1.29 is 25.2 Å². The van der Waals surface area contributed by atoms with Crippen LogP contribution in [0.4, 0.5) is 0 Å². The van der Waals surface area contributed by atoms with Crippen LogP contribution >= 0.6 is 0 Å². The van der Waals surface area contributed by atoms with Gasteiger partial charge in [-0.25, -0.2) is 0 Å². The summed E-state index contributed by atoms with van der Waals surface area (Å²) in [5.74, 6) is -1.14. The maximum atomic E-state index is 10.1. The standard InChI is InChI=1S/C7H15NO5/c8-5(3-9)6(11)1-4(10)2-7(12)13/h4-6,9-11H,1-3,8H2,(H,12,13)/t4-,5-,6-/m0/s1. The minimum Gasteiger partial charge on any atom is -0.481 e. The molecule has 0 aliphatic carbocycles. The van der Waals surface area contributed by atoms with Crippen molar-refractivity contribution in [3.05, 3.63) is 0 Å². The molecule has 0 spiro atoms. The van der Waals surface area contributed by atoms with Crippen molar-refractivity contribution in [2.24, 2.45) is 5.73 Å². The maximum absolute atomic E-state index is 10.1. The Labute approximate surface area is 75.6 Å². The largest absolute Gasteiger partial charge is 0.481 e. The Bertz CT molecular complexity index is 163. The molecule has 0 aromatic carbocycles. The van der Waals surface area contributed by atoms with Crippen molar-refractivity contribution in [1.29, 1.82) is 0 Å². The van der Waals surface area contributed by atoms with Crippen LogP contribution in [-0.4, -0.2) is 51.3 Å². The van der Waals surface area contributed by atoms with E-state index in [9.17, 15) is 4.79 Å². The predicted octanol–water partition coefficient (Wildman–Crippen LogP) is -2.11. The van der Waals surface area contributed by atoms with Gasteiger partial charge in [0.2, 0.25) is 0 Å². The topological polar surface area (TPSA) is 124 Å². The Balaban J connectivity index is 3.76. The molecule has 6 heteroatoms. The van der Waals surface area contributed by atoms with Crippen molar-refractivity contribution in [2.75, 3.05) is 6.61 Å². The SMILES string of the molecule is N[C@@H](CO)[C@@H](O)C[C@H](O)CC(=O)O.